The van der Waals surface area contributed by atoms with Gasteiger partial charge in [0.25, 0.3) is 0 Å². The molecule has 0 aliphatic carbocycles. The predicted molar refractivity (Wildman–Crippen MR) is 83.5 cm³/mol. The van der Waals surface area contributed by atoms with Crippen LogP contribution < -0.4 is 0 Å². The lowest BCUT2D eigenvalue weighted by molar-refractivity contribution is -0.204. The smallest absolute Gasteiger partial charge is 0.330 e. The molecule has 112 valence electrons. The van der Waals surface area contributed by atoms with E-state index in [-0.39, 0.29) is 5.97 Å². The summed E-state index contributed by atoms with van der Waals surface area (Å²) in [4.78, 5) is 17.3. The zero-order valence-corrected chi connectivity index (χ0v) is 13.1. The van der Waals surface area contributed by atoms with Crippen LogP contribution in [-0.4, -0.2) is 24.1 Å². The molecule has 1 aromatic carbocycles. The minimum absolute atomic E-state index is 0.167. The van der Waals surface area contributed by atoms with Crippen molar-refractivity contribution in [1.82, 2.24) is 5.06 Å². The van der Waals surface area contributed by atoms with Crippen LogP contribution in [0.4, 0.5) is 0 Å². The summed E-state index contributed by atoms with van der Waals surface area (Å²) in [6, 6.07) is 8.19. The fraction of sp³-hybridized carbons (Fsp3) is 0.500. The molecule has 21 heavy (non-hydrogen) atoms. The topological polar surface area (TPSA) is 29.5 Å². The van der Waals surface area contributed by atoms with Crippen molar-refractivity contribution in [2.45, 2.75) is 39.5 Å². The van der Waals surface area contributed by atoms with Crippen LogP contribution in [0.5, 0.6) is 0 Å². The normalized spacial score (nSPS) is 17.2. The van der Waals surface area contributed by atoms with E-state index in [0.29, 0.717) is 5.92 Å². The zero-order valence-electron chi connectivity index (χ0n) is 13.1. The van der Waals surface area contributed by atoms with E-state index < -0.39 is 5.41 Å². The van der Waals surface area contributed by atoms with Gasteiger partial charge < -0.3 is 4.84 Å². The summed E-state index contributed by atoms with van der Waals surface area (Å²) in [5.74, 6) is 2.98. The fourth-order valence-electron chi connectivity index (χ4n) is 2.39. The van der Waals surface area contributed by atoms with Crippen molar-refractivity contribution in [2.24, 2.45) is 5.41 Å². The van der Waals surface area contributed by atoms with Crippen LogP contribution in [0.2, 0.25) is 0 Å². The molecule has 0 amide bonds. The Morgan fingerprint density at radius 3 is 2.29 bits per heavy atom. The molecular weight excluding hydrogens is 262 g/mol. The molecule has 0 spiro atoms. The Hall–Kier alpha value is -1.79. The van der Waals surface area contributed by atoms with Gasteiger partial charge in [0.15, 0.2) is 0 Å². The second kappa shape index (κ2) is 6.32. The highest BCUT2D eigenvalue weighted by Crippen LogP contribution is 2.29. The molecule has 0 saturated carbocycles. The summed E-state index contributed by atoms with van der Waals surface area (Å²) in [7, 11) is 0. The molecule has 1 saturated heterocycles. The summed E-state index contributed by atoms with van der Waals surface area (Å²) in [6.07, 6.45) is 7.36. The van der Waals surface area contributed by atoms with Crippen molar-refractivity contribution in [3.63, 3.8) is 0 Å². The lowest BCUT2D eigenvalue weighted by Gasteiger charge is -2.32. The Morgan fingerprint density at radius 2 is 1.81 bits per heavy atom. The maximum atomic E-state index is 11.9. The lowest BCUT2D eigenvalue weighted by Crippen LogP contribution is -2.38. The molecule has 0 radical (unpaired) electrons. The Kier molecular flexibility index (Phi) is 4.69. The Morgan fingerprint density at radius 1 is 1.24 bits per heavy atom. The first-order valence-electron chi connectivity index (χ1n) is 7.44. The molecule has 0 bridgehead atoms. The van der Waals surface area contributed by atoms with Crippen LogP contribution >= 0.6 is 0 Å². The standard InChI is InChI=1S/C18H23NO2/c1-5-14-6-8-15(9-7-14)16-10-12-19(13-11-16)21-17(20)18(2,3)4/h1,6-9,16H,10-13H2,2-4H3. The number of rotatable bonds is 2. The molecule has 1 aromatic rings. The summed E-state index contributed by atoms with van der Waals surface area (Å²) in [5.41, 5.74) is 1.77. The summed E-state index contributed by atoms with van der Waals surface area (Å²) >= 11 is 0. The summed E-state index contributed by atoms with van der Waals surface area (Å²) in [5, 5.41) is 1.79. The van der Waals surface area contributed by atoms with Crippen LogP contribution in [0, 0.1) is 17.8 Å². The van der Waals surface area contributed by atoms with Gasteiger partial charge in [-0.05, 0) is 57.2 Å². The largest absolute Gasteiger partial charge is 0.367 e. The number of carbonyl (C=O) groups excluding carboxylic acids is 1. The maximum Gasteiger partial charge on any atom is 0.330 e. The van der Waals surface area contributed by atoms with Gasteiger partial charge >= 0.3 is 5.97 Å². The molecule has 0 unspecified atom stereocenters. The van der Waals surface area contributed by atoms with Gasteiger partial charge in [-0.15, -0.1) is 11.5 Å². The van der Waals surface area contributed by atoms with Crippen LogP contribution in [0.3, 0.4) is 0 Å². The molecule has 3 heteroatoms. The number of hydrogen-bond donors (Lipinski definition) is 0. The summed E-state index contributed by atoms with van der Waals surface area (Å²) in [6.45, 7) is 7.17. The van der Waals surface area contributed by atoms with Crippen molar-refractivity contribution in [1.29, 1.82) is 0 Å². The first-order chi connectivity index (χ1) is 9.90. The maximum absolute atomic E-state index is 11.9. The molecule has 2 rings (SSSR count). The number of piperidine rings is 1. The van der Waals surface area contributed by atoms with Crippen molar-refractivity contribution in [3.8, 4) is 12.3 Å². The third kappa shape index (κ3) is 4.09. The predicted octanol–water partition coefficient (Wildman–Crippen LogP) is 3.35. The van der Waals surface area contributed by atoms with Crippen molar-refractivity contribution < 1.29 is 9.63 Å². The Labute approximate surface area is 127 Å². The molecular formula is C18H23NO2. The minimum Gasteiger partial charge on any atom is -0.367 e. The Bertz CT molecular complexity index is 526. The SMILES string of the molecule is C#Cc1ccc(C2CCN(OC(=O)C(C)(C)C)CC2)cc1. The Balaban J connectivity index is 1.88. The van der Waals surface area contributed by atoms with Crippen molar-refractivity contribution in [3.05, 3.63) is 35.4 Å². The van der Waals surface area contributed by atoms with E-state index in [4.69, 9.17) is 11.3 Å². The average Bonchev–Trinajstić information content (AvgIpc) is 2.47. The number of nitrogens with zero attached hydrogens (tertiary/aromatic N) is 1. The summed E-state index contributed by atoms with van der Waals surface area (Å²) < 4.78 is 0. The molecule has 1 heterocycles. The molecule has 0 aromatic heterocycles. The van der Waals surface area contributed by atoms with E-state index in [1.54, 1.807) is 5.06 Å². The molecule has 1 fully saturated rings. The van der Waals surface area contributed by atoms with Gasteiger partial charge in [-0.2, -0.15) is 0 Å². The first-order valence-corrected chi connectivity index (χ1v) is 7.44. The van der Waals surface area contributed by atoms with Gasteiger partial charge in [-0.25, -0.2) is 4.79 Å². The van der Waals surface area contributed by atoms with Gasteiger partial charge in [0.2, 0.25) is 0 Å². The number of hydrogen-bond acceptors (Lipinski definition) is 3. The second-order valence-electron chi connectivity index (χ2n) is 6.60. The minimum atomic E-state index is -0.456. The fourth-order valence-corrected chi connectivity index (χ4v) is 2.39. The van der Waals surface area contributed by atoms with Gasteiger partial charge in [0.05, 0.1) is 5.41 Å². The van der Waals surface area contributed by atoms with Crippen LogP contribution in [0.25, 0.3) is 0 Å². The van der Waals surface area contributed by atoms with Crippen LogP contribution in [-0.2, 0) is 9.63 Å². The highest BCUT2D eigenvalue weighted by atomic mass is 16.7. The molecule has 0 atom stereocenters. The number of hydroxylamine groups is 2. The van der Waals surface area contributed by atoms with E-state index in [0.717, 1.165) is 31.5 Å². The highest BCUT2D eigenvalue weighted by molar-refractivity contribution is 5.75. The zero-order chi connectivity index (χ0) is 15.5. The first kappa shape index (κ1) is 15.6. The molecule has 1 aliphatic rings. The number of carbonyl (C=O) groups is 1. The molecule has 0 N–H and O–H groups in total. The third-order valence-electron chi connectivity index (χ3n) is 3.83. The molecule has 3 nitrogen and oxygen atoms in total. The number of benzene rings is 1. The lowest BCUT2D eigenvalue weighted by atomic mass is 9.89. The number of terminal acetylenes is 1. The van der Waals surface area contributed by atoms with E-state index in [9.17, 15) is 4.79 Å². The van der Waals surface area contributed by atoms with E-state index >= 15 is 0 Å². The monoisotopic (exact) mass is 285 g/mol. The van der Waals surface area contributed by atoms with Crippen LogP contribution in [0.1, 0.15) is 50.7 Å². The quantitative estimate of drug-likeness (QED) is 0.780. The van der Waals surface area contributed by atoms with Crippen molar-refractivity contribution in [2.75, 3.05) is 13.1 Å². The van der Waals surface area contributed by atoms with Gasteiger partial charge in [-0.1, -0.05) is 18.1 Å². The second-order valence-corrected chi connectivity index (χ2v) is 6.60. The van der Waals surface area contributed by atoms with Gasteiger partial charge in [-0.3, -0.25) is 0 Å². The third-order valence-corrected chi connectivity index (χ3v) is 3.83. The van der Waals surface area contributed by atoms with Gasteiger partial charge in [0, 0.05) is 18.7 Å². The van der Waals surface area contributed by atoms with E-state index in [2.05, 4.69) is 18.1 Å². The molecule has 1 aliphatic heterocycles. The average molecular weight is 285 g/mol. The van der Waals surface area contributed by atoms with Crippen molar-refractivity contribution >= 4 is 5.97 Å². The van der Waals surface area contributed by atoms with E-state index in [1.807, 2.05) is 32.9 Å². The van der Waals surface area contributed by atoms with E-state index in [1.165, 1.54) is 5.56 Å². The van der Waals surface area contributed by atoms with Gasteiger partial charge in [0.1, 0.15) is 0 Å². The van der Waals surface area contributed by atoms with Crippen LogP contribution in [0.15, 0.2) is 24.3 Å². The highest BCUT2D eigenvalue weighted by Gasteiger charge is 2.28.